The first-order chi connectivity index (χ1) is 9.21. The molecule has 2 aliphatic rings. The van der Waals surface area contributed by atoms with Crippen LogP contribution in [0.4, 0.5) is 0 Å². The van der Waals surface area contributed by atoms with Crippen molar-refractivity contribution in [1.82, 2.24) is 9.55 Å². The number of hydrogen-bond acceptors (Lipinski definition) is 6. The fourth-order valence-electron chi connectivity index (χ4n) is 3.45. The number of aliphatic hydroxyl groups excluding tert-OH is 1. The third kappa shape index (κ3) is 1.24. The molecule has 20 heavy (non-hydrogen) atoms. The molecule has 8 heteroatoms. The molecule has 7 nitrogen and oxygen atoms in total. The fourth-order valence-corrected chi connectivity index (χ4v) is 3.71. The molecule has 1 saturated heterocycles. The molecule has 0 spiro atoms. The summed E-state index contributed by atoms with van der Waals surface area (Å²) in [6, 6.07) is 1.25. The summed E-state index contributed by atoms with van der Waals surface area (Å²) < 4.78 is 7.01. The molecule has 4 N–H and O–H groups in total. The van der Waals surface area contributed by atoms with E-state index in [0.29, 0.717) is 0 Å². The van der Waals surface area contributed by atoms with E-state index in [9.17, 15) is 20.1 Å². The Hall–Kier alpha value is -1.06. The lowest BCUT2D eigenvalue weighted by Crippen LogP contribution is -2.36. The van der Waals surface area contributed by atoms with Crippen LogP contribution >= 0.6 is 12.2 Å². The lowest BCUT2D eigenvalue weighted by molar-refractivity contribution is -0.125. The van der Waals surface area contributed by atoms with Crippen molar-refractivity contribution in [3.05, 3.63) is 27.4 Å². The first-order valence-corrected chi connectivity index (χ1v) is 6.65. The number of hydrogen-bond donors (Lipinski definition) is 4. The average molecular weight is 300 g/mol. The number of fused-ring (bicyclic) bond motifs is 1. The van der Waals surface area contributed by atoms with Crippen molar-refractivity contribution in [2.45, 2.75) is 37.4 Å². The van der Waals surface area contributed by atoms with Gasteiger partial charge >= 0.3 is 0 Å². The summed E-state index contributed by atoms with van der Waals surface area (Å²) in [6.07, 6.45) is -0.483. The van der Waals surface area contributed by atoms with Crippen LogP contribution in [-0.2, 0) is 4.74 Å². The number of aromatic nitrogens is 2. The SMILES string of the molecule is CC1(C)[C@]2(O)[C@H](n3ccc(=O)[nH]c3=S)O[C@H](CO)[C@]12O. The molecule has 2 fully saturated rings. The molecule has 0 aromatic carbocycles. The molecule has 2 heterocycles. The van der Waals surface area contributed by atoms with E-state index in [-0.39, 0.29) is 10.3 Å². The largest absolute Gasteiger partial charge is 0.394 e. The predicted octanol–water partition coefficient (Wildman–Crippen LogP) is -0.702. The highest BCUT2D eigenvalue weighted by Crippen LogP contribution is 2.75. The Morgan fingerprint density at radius 1 is 1.45 bits per heavy atom. The van der Waals surface area contributed by atoms with Gasteiger partial charge in [0.15, 0.2) is 11.0 Å². The lowest BCUT2D eigenvalue weighted by Gasteiger charge is -2.27. The summed E-state index contributed by atoms with van der Waals surface area (Å²) in [4.78, 5) is 13.6. The molecule has 1 aromatic heterocycles. The summed E-state index contributed by atoms with van der Waals surface area (Å²) in [6.45, 7) is 2.97. The molecule has 3 rings (SSSR count). The van der Waals surface area contributed by atoms with Crippen molar-refractivity contribution >= 4 is 12.2 Å². The summed E-state index contributed by atoms with van der Waals surface area (Å²) in [5.41, 5.74) is -4.35. The zero-order valence-electron chi connectivity index (χ0n) is 11.0. The van der Waals surface area contributed by atoms with Crippen molar-refractivity contribution in [2.24, 2.45) is 5.41 Å². The van der Waals surface area contributed by atoms with E-state index < -0.39 is 35.6 Å². The molecule has 1 aliphatic carbocycles. The van der Waals surface area contributed by atoms with Gasteiger partial charge in [-0.2, -0.15) is 0 Å². The summed E-state index contributed by atoms with van der Waals surface area (Å²) in [5, 5.41) is 30.8. The van der Waals surface area contributed by atoms with E-state index in [1.165, 1.54) is 16.8 Å². The zero-order chi connectivity index (χ0) is 14.9. The van der Waals surface area contributed by atoms with Crippen LogP contribution in [0.25, 0.3) is 0 Å². The second kappa shape index (κ2) is 3.77. The van der Waals surface area contributed by atoms with Gasteiger partial charge in [-0.15, -0.1) is 0 Å². The molecule has 4 atom stereocenters. The Morgan fingerprint density at radius 3 is 2.60 bits per heavy atom. The minimum Gasteiger partial charge on any atom is -0.394 e. The van der Waals surface area contributed by atoms with Crippen molar-refractivity contribution in [2.75, 3.05) is 6.61 Å². The van der Waals surface area contributed by atoms with Crippen LogP contribution in [0.15, 0.2) is 17.1 Å². The molecule has 0 amide bonds. The number of aliphatic hydroxyl groups is 3. The van der Waals surface area contributed by atoms with E-state index >= 15 is 0 Å². The van der Waals surface area contributed by atoms with E-state index in [0.717, 1.165) is 0 Å². The number of H-pyrrole nitrogens is 1. The third-order valence-corrected chi connectivity index (χ3v) is 5.12. The van der Waals surface area contributed by atoms with Crippen LogP contribution in [0.3, 0.4) is 0 Å². The van der Waals surface area contributed by atoms with Gasteiger partial charge in [-0.05, 0) is 12.2 Å². The molecule has 1 aliphatic heterocycles. The Morgan fingerprint density at radius 2 is 2.10 bits per heavy atom. The van der Waals surface area contributed by atoms with Gasteiger partial charge in [-0.1, -0.05) is 13.8 Å². The topological polar surface area (TPSA) is 108 Å². The van der Waals surface area contributed by atoms with E-state index in [1.54, 1.807) is 13.8 Å². The highest BCUT2D eigenvalue weighted by molar-refractivity contribution is 7.71. The predicted molar refractivity (Wildman–Crippen MR) is 70.6 cm³/mol. The van der Waals surface area contributed by atoms with Crippen LogP contribution in [0.2, 0.25) is 0 Å². The number of rotatable bonds is 2. The van der Waals surface area contributed by atoms with Crippen molar-refractivity contribution in [1.29, 1.82) is 0 Å². The number of ether oxygens (including phenoxy) is 1. The van der Waals surface area contributed by atoms with E-state index in [1.807, 2.05) is 0 Å². The Bertz CT molecular complexity index is 683. The van der Waals surface area contributed by atoms with Gasteiger partial charge in [0, 0.05) is 17.7 Å². The number of nitrogens with one attached hydrogen (secondary N) is 1. The summed E-state index contributed by atoms with van der Waals surface area (Å²) in [7, 11) is 0. The quantitative estimate of drug-likeness (QED) is 0.538. The molecular formula is C12H16N2O5S. The minimum absolute atomic E-state index is 0.0829. The lowest BCUT2D eigenvalue weighted by atomic mass is 10.0. The molecule has 1 aromatic rings. The van der Waals surface area contributed by atoms with Crippen molar-refractivity contribution in [3.63, 3.8) is 0 Å². The van der Waals surface area contributed by atoms with Gasteiger partial charge in [0.05, 0.1) is 6.61 Å². The van der Waals surface area contributed by atoms with Crippen LogP contribution in [0, 0.1) is 10.2 Å². The van der Waals surface area contributed by atoms with Gasteiger partial charge in [-0.25, -0.2) is 0 Å². The van der Waals surface area contributed by atoms with Crippen LogP contribution in [0.5, 0.6) is 0 Å². The molecule has 0 radical (unpaired) electrons. The standard InChI is InChI=1S/C12H16N2O5S/c1-10(2)11(17)6(5-15)19-8(12(10,11)18)14-4-3-7(16)13-9(14)20/h3-4,6,8,15,17-18H,5H2,1-2H3,(H,13,16,20)/t6-,8-,11+,12-/m1/s1. The minimum atomic E-state index is -1.58. The Labute approximate surface area is 119 Å². The van der Waals surface area contributed by atoms with E-state index in [4.69, 9.17) is 17.0 Å². The first kappa shape index (κ1) is 13.9. The molecular weight excluding hydrogens is 284 g/mol. The molecule has 110 valence electrons. The normalized spacial score (nSPS) is 41.5. The Balaban J connectivity index is 2.13. The first-order valence-electron chi connectivity index (χ1n) is 6.24. The van der Waals surface area contributed by atoms with E-state index in [2.05, 4.69) is 4.98 Å². The van der Waals surface area contributed by atoms with Gasteiger partial charge in [0.1, 0.15) is 17.3 Å². The van der Waals surface area contributed by atoms with Gasteiger partial charge < -0.3 is 20.1 Å². The fraction of sp³-hybridized carbons (Fsp3) is 0.667. The second-order valence-electron chi connectivity index (χ2n) is 5.83. The average Bonchev–Trinajstić information content (AvgIpc) is 2.63. The van der Waals surface area contributed by atoms with Gasteiger partial charge in [-0.3, -0.25) is 14.3 Å². The number of aromatic amines is 1. The second-order valence-corrected chi connectivity index (χ2v) is 6.22. The molecule has 1 saturated carbocycles. The number of nitrogens with zero attached hydrogens (tertiary/aromatic N) is 1. The van der Waals surface area contributed by atoms with Crippen molar-refractivity contribution in [3.8, 4) is 0 Å². The maximum atomic E-state index is 11.2. The van der Waals surface area contributed by atoms with Crippen LogP contribution < -0.4 is 5.56 Å². The maximum Gasteiger partial charge on any atom is 0.251 e. The summed E-state index contributed by atoms with van der Waals surface area (Å²) >= 11 is 5.06. The molecule has 0 unspecified atom stereocenters. The highest BCUT2D eigenvalue weighted by Gasteiger charge is 2.92. The monoisotopic (exact) mass is 300 g/mol. The Kier molecular flexibility index (Phi) is 2.62. The van der Waals surface area contributed by atoms with Crippen LogP contribution in [0.1, 0.15) is 20.1 Å². The van der Waals surface area contributed by atoms with Crippen LogP contribution in [-0.4, -0.2) is 48.8 Å². The van der Waals surface area contributed by atoms with Gasteiger partial charge in [0.25, 0.3) is 5.56 Å². The maximum absolute atomic E-state index is 11.2. The van der Waals surface area contributed by atoms with Crippen molar-refractivity contribution < 1.29 is 20.1 Å². The molecule has 0 bridgehead atoms. The van der Waals surface area contributed by atoms with Gasteiger partial charge in [0.2, 0.25) is 0 Å². The summed E-state index contributed by atoms with van der Waals surface area (Å²) in [5.74, 6) is 0. The highest BCUT2D eigenvalue weighted by atomic mass is 32.1. The third-order valence-electron chi connectivity index (χ3n) is 4.81. The smallest absolute Gasteiger partial charge is 0.251 e. The zero-order valence-corrected chi connectivity index (χ0v) is 11.8.